The highest BCUT2D eigenvalue weighted by atomic mass is 35.5. The maximum Gasteiger partial charge on any atom is 0.224 e. The molecule has 1 aliphatic rings. The van der Waals surface area contributed by atoms with Gasteiger partial charge in [-0.3, -0.25) is 9.69 Å². The minimum Gasteiger partial charge on any atom is -0.354 e. The molecule has 1 saturated heterocycles. The van der Waals surface area contributed by atoms with Gasteiger partial charge in [-0.2, -0.15) is 0 Å². The SMILES string of the molecule is O=C(Cc1ccccc1Cl)NCC(c1ccccc1)N1CCCC1. The highest BCUT2D eigenvalue weighted by molar-refractivity contribution is 6.31. The molecular weight excluding hydrogens is 320 g/mol. The van der Waals surface area contributed by atoms with E-state index in [0.29, 0.717) is 18.0 Å². The molecule has 1 unspecified atom stereocenters. The van der Waals surface area contributed by atoms with Crippen molar-refractivity contribution in [3.8, 4) is 0 Å². The predicted octanol–water partition coefficient (Wildman–Crippen LogP) is 3.84. The molecule has 4 heteroatoms. The Labute approximate surface area is 148 Å². The van der Waals surface area contributed by atoms with Crippen molar-refractivity contribution in [2.75, 3.05) is 19.6 Å². The molecule has 2 aromatic carbocycles. The van der Waals surface area contributed by atoms with Crippen molar-refractivity contribution >= 4 is 17.5 Å². The number of rotatable bonds is 6. The molecule has 0 aromatic heterocycles. The number of hydrogen-bond acceptors (Lipinski definition) is 2. The summed E-state index contributed by atoms with van der Waals surface area (Å²) in [6.45, 7) is 2.83. The topological polar surface area (TPSA) is 32.3 Å². The van der Waals surface area contributed by atoms with E-state index >= 15 is 0 Å². The summed E-state index contributed by atoms with van der Waals surface area (Å²) in [4.78, 5) is 14.8. The Morgan fingerprint density at radius 2 is 1.71 bits per heavy atom. The number of nitrogens with one attached hydrogen (secondary N) is 1. The average Bonchev–Trinajstić information content (AvgIpc) is 3.12. The number of carbonyl (C=O) groups is 1. The van der Waals surface area contributed by atoms with Crippen LogP contribution in [0.5, 0.6) is 0 Å². The Kier molecular flexibility index (Phi) is 5.89. The van der Waals surface area contributed by atoms with E-state index in [9.17, 15) is 4.79 Å². The lowest BCUT2D eigenvalue weighted by Gasteiger charge is -2.28. The Morgan fingerprint density at radius 1 is 1.04 bits per heavy atom. The number of halogens is 1. The van der Waals surface area contributed by atoms with Crippen LogP contribution in [0.15, 0.2) is 54.6 Å². The zero-order valence-corrected chi connectivity index (χ0v) is 14.5. The van der Waals surface area contributed by atoms with Crippen molar-refractivity contribution in [3.05, 3.63) is 70.7 Å². The number of benzene rings is 2. The van der Waals surface area contributed by atoms with Crippen LogP contribution in [0.3, 0.4) is 0 Å². The van der Waals surface area contributed by atoms with Gasteiger partial charge >= 0.3 is 0 Å². The van der Waals surface area contributed by atoms with Gasteiger partial charge in [0.05, 0.1) is 12.5 Å². The fourth-order valence-corrected chi connectivity index (χ4v) is 3.48. The van der Waals surface area contributed by atoms with E-state index in [1.165, 1.54) is 18.4 Å². The summed E-state index contributed by atoms with van der Waals surface area (Å²) in [6.07, 6.45) is 2.79. The van der Waals surface area contributed by atoms with Crippen LogP contribution in [-0.4, -0.2) is 30.4 Å². The van der Waals surface area contributed by atoms with Crippen LogP contribution in [0.25, 0.3) is 0 Å². The Bertz CT molecular complexity index is 668. The number of nitrogens with zero attached hydrogens (tertiary/aromatic N) is 1. The van der Waals surface area contributed by atoms with Crippen LogP contribution in [-0.2, 0) is 11.2 Å². The summed E-state index contributed by atoms with van der Waals surface area (Å²) >= 11 is 6.14. The van der Waals surface area contributed by atoms with E-state index in [4.69, 9.17) is 11.6 Å². The molecule has 1 N–H and O–H groups in total. The van der Waals surface area contributed by atoms with Crippen molar-refractivity contribution in [2.24, 2.45) is 0 Å². The van der Waals surface area contributed by atoms with Crippen molar-refractivity contribution in [1.82, 2.24) is 10.2 Å². The molecular formula is C20H23ClN2O. The molecule has 24 heavy (non-hydrogen) atoms. The van der Waals surface area contributed by atoms with E-state index in [1.807, 2.05) is 30.3 Å². The Hall–Kier alpha value is -1.84. The number of hydrogen-bond donors (Lipinski definition) is 1. The first-order valence-electron chi connectivity index (χ1n) is 8.53. The van der Waals surface area contributed by atoms with Gasteiger partial charge in [-0.05, 0) is 43.1 Å². The van der Waals surface area contributed by atoms with Gasteiger partial charge in [0.25, 0.3) is 0 Å². The lowest BCUT2D eigenvalue weighted by atomic mass is 10.1. The second kappa shape index (κ2) is 8.32. The molecule has 0 bridgehead atoms. The third kappa shape index (κ3) is 4.37. The number of carbonyl (C=O) groups excluding carboxylic acids is 1. The third-order valence-electron chi connectivity index (χ3n) is 4.57. The summed E-state index contributed by atoms with van der Waals surface area (Å²) in [5, 5.41) is 3.74. The maximum atomic E-state index is 12.3. The monoisotopic (exact) mass is 342 g/mol. The lowest BCUT2D eigenvalue weighted by Crippen LogP contribution is -2.37. The normalized spacial score (nSPS) is 16.0. The average molecular weight is 343 g/mol. The lowest BCUT2D eigenvalue weighted by molar-refractivity contribution is -0.120. The molecule has 1 amide bonds. The number of amides is 1. The van der Waals surface area contributed by atoms with Gasteiger partial charge < -0.3 is 5.32 Å². The molecule has 0 radical (unpaired) electrons. The molecule has 126 valence electrons. The third-order valence-corrected chi connectivity index (χ3v) is 4.94. The molecule has 3 nitrogen and oxygen atoms in total. The fraction of sp³-hybridized carbons (Fsp3) is 0.350. The van der Waals surface area contributed by atoms with Gasteiger partial charge in [0, 0.05) is 11.6 Å². The summed E-state index contributed by atoms with van der Waals surface area (Å²) in [6, 6.07) is 18.2. The quantitative estimate of drug-likeness (QED) is 0.865. The zero-order chi connectivity index (χ0) is 16.8. The smallest absolute Gasteiger partial charge is 0.224 e. The highest BCUT2D eigenvalue weighted by Gasteiger charge is 2.23. The molecule has 1 atom stereocenters. The van der Waals surface area contributed by atoms with E-state index in [2.05, 4.69) is 34.5 Å². The van der Waals surface area contributed by atoms with E-state index in [0.717, 1.165) is 18.7 Å². The van der Waals surface area contributed by atoms with Crippen molar-refractivity contribution in [1.29, 1.82) is 0 Å². The summed E-state index contributed by atoms with van der Waals surface area (Å²) < 4.78 is 0. The standard InChI is InChI=1S/C20H23ClN2O/c21-18-11-5-4-10-17(18)14-20(24)22-15-19(23-12-6-7-13-23)16-8-2-1-3-9-16/h1-5,8-11,19H,6-7,12-15H2,(H,22,24). The second-order valence-corrected chi connectivity index (χ2v) is 6.65. The number of likely N-dealkylation sites (tertiary alicyclic amines) is 1. The van der Waals surface area contributed by atoms with E-state index < -0.39 is 0 Å². The van der Waals surface area contributed by atoms with Gasteiger partial charge in [-0.25, -0.2) is 0 Å². The molecule has 0 aliphatic carbocycles. The van der Waals surface area contributed by atoms with Crippen LogP contribution in [0.1, 0.15) is 30.0 Å². The fourth-order valence-electron chi connectivity index (χ4n) is 3.27. The van der Waals surface area contributed by atoms with Gasteiger partial charge in [-0.1, -0.05) is 60.1 Å². The summed E-state index contributed by atoms with van der Waals surface area (Å²) in [5.41, 5.74) is 2.13. The van der Waals surface area contributed by atoms with Crippen LogP contribution in [0.4, 0.5) is 0 Å². The predicted molar refractivity (Wildman–Crippen MR) is 98.2 cm³/mol. The largest absolute Gasteiger partial charge is 0.354 e. The van der Waals surface area contributed by atoms with Crippen LogP contribution < -0.4 is 5.32 Å². The maximum absolute atomic E-state index is 12.3. The highest BCUT2D eigenvalue weighted by Crippen LogP contribution is 2.24. The van der Waals surface area contributed by atoms with Crippen molar-refractivity contribution in [2.45, 2.75) is 25.3 Å². The second-order valence-electron chi connectivity index (χ2n) is 6.24. The molecule has 0 saturated carbocycles. The first-order valence-corrected chi connectivity index (χ1v) is 8.91. The first-order chi connectivity index (χ1) is 11.7. The van der Waals surface area contributed by atoms with E-state index in [1.54, 1.807) is 0 Å². The molecule has 1 heterocycles. The van der Waals surface area contributed by atoms with Crippen LogP contribution >= 0.6 is 11.6 Å². The van der Waals surface area contributed by atoms with Crippen LogP contribution in [0.2, 0.25) is 5.02 Å². The Morgan fingerprint density at radius 3 is 2.42 bits per heavy atom. The molecule has 0 spiro atoms. The minimum atomic E-state index is 0.0169. The van der Waals surface area contributed by atoms with Crippen LogP contribution in [0, 0.1) is 0 Å². The van der Waals surface area contributed by atoms with Gasteiger partial charge in [-0.15, -0.1) is 0 Å². The molecule has 1 aliphatic heterocycles. The molecule has 3 rings (SSSR count). The van der Waals surface area contributed by atoms with Gasteiger partial charge in [0.2, 0.25) is 5.91 Å². The molecule has 2 aromatic rings. The molecule has 1 fully saturated rings. The van der Waals surface area contributed by atoms with Crippen molar-refractivity contribution in [3.63, 3.8) is 0 Å². The summed E-state index contributed by atoms with van der Waals surface area (Å²) in [5.74, 6) is 0.0169. The Balaban J connectivity index is 1.63. The van der Waals surface area contributed by atoms with E-state index in [-0.39, 0.29) is 11.9 Å². The minimum absolute atomic E-state index is 0.0169. The zero-order valence-electron chi connectivity index (χ0n) is 13.7. The van der Waals surface area contributed by atoms with Crippen molar-refractivity contribution < 1.29 is 4.79 Å². The first kappa shape index (κ1) is 17.0. The summed E-state index contributed by atoms with van der Waals surface area (Å²) in [7, 11) is 0. The van der Waals surface area contributed by atoms with Gasteiger partial charge in [0.1, 0.15) is 0 Å². The van der Waals surface area contributed by atoms with Gasteiger partial charge in [0.15, 0.2) is 0 Å².